The summed E-state index contributed by atoms with van der Waals surface area (Å²) in [7, 11) is 0. The van der Waals surface area contributed by atoms with E-state index < -0.39 is 12.0 Å². The molecule has 0 aromatic carbocycles. The highest BCUT2D eigenvalue weighted by Crippen LogP contribution is 2.31. The van der Waals surface area contributed by atoms with Gasteiger partial charge in [-0.3, -0.25) is 0 Å². The fourth-order valence-electron chi connectivity index (χ4n) is 1.51. The van der Waals surface area contributed by atoms with E-state index in [9.17, 15) is 8.78 Å². The van der Waals surface area contributed by atoms with Gasteiger partial charge in [-0.1, -0.05) is 0 Å². The lowest BCUT2D eigenvalue weighted by Crippen LogP contribution is -2.40. The summed E-state index contributed by atoms with van der Waals surface area (Å²) in [5.41, 5.74) is -0.742. The van der Waals surface area contributed by atoms with Crippen LogP contribution < -0.4 is 0 Å². The highest BCUT2D eigenvalue weighted by atomic mass is 35.5. The van der Waals surface area contributed by atoms with Gasteiger partial charge >= 0.3 is 0 Å². The van der Waals surface area contributed by atoms with Crippen LogP contribution in [0, 0.1) is 0 Å². The summed E-state index contributed by atoms with van der Waals surface area (Å²) in [6, 6.07) is 0. The molecule has 12 heavy (non-hydrogen) atoms. The summed E-state index contributed by atoms with van der Waals surface area (Å²) >= 11 is 5.62. The maximum absolute atomic E-state index is 12.1. The van der Waals surface area contributed by atoms with Crippen LogP contribution in [0.4, 0.5) is 8.78 Å². The summed E-state index contributed by atoms with van der Waals surface area (Å²) in [4.78, 5) is 0. The molecule has 0 spiro atoms. The molecule has 1 saturated heterocycles. The molecule has 0 aromatic rings. The normalized spacial score (nSPS) is 31.0. The van der Waals surface area contributed by atoms with E-state index in [1.807, 2.05) is 0 Å². The maximum atomic E-state index is 12.1. The Bertz CT molecular complexity index is 135. The lowest BCUT2D eigenvalue weighted by atomic mass is 9.92. The fourth-order valence-corrected chi connectivity index (χ4v) is 1.83. The van der Waals surface area contributed by atoms with Gasteiger partial charge in [0.15, 0.2) is 0 Å². The minimum Gasteiger partial charge on any atom is -0.374 e. The Balaban J connectivity index is 2.48. The first-order valence-corrected chi connectivity index (χ1v) is 4.70. The zero-order valence-corrected chi connectivity index (χ0v) is 7.62. The maximum Gasteiger partial charge on any atom is 0.241 e. The smallest absolute Gasteiger partial charge is 0.241 e. The van der Waals surface area contributed by atoms with Crippen LogP contribution in [-0.2, 0) is 4.74 Å². The van der Waals surface area contributed by atoms with Gasteiger partial charge in [-0.25, -0.2) is 8.78 Å². The molecule has 0 N–H and O–H groups in total. The first-order valence-electron chi connectivity index (χ1n) is 4.17. The minimum atomic E-state index is -2.32. The SMILES string of the molecule is FC(F)CC1(CCl)CCCCO1. The van der Waals surface area contributed by atoms with Crippen molar-refractivity contribution in [3.8, 4) is 0 Å². The van der Waals surface area contributed by atoms with Gasteiger partial charge in [-0.15, -0.1) is 11.6 Å². The fraction of sp³-hybridized carbons (Fsp3) is 1.00. The molecule has 1 fully saturated rings. The second-order valence-corrected chi connectivity index (χ2v) is 3.48. The summed E-state index contributed by atoms with van der Waals surface area (Å²) < 4.78 is 29.5. The molecule has 0 amide bonds. The van der Waals surface area contributed by atoms with E-state index in [0.29, 0.717) is 13.0 Å². The van der Waals surface area contributed by atoms with Gasteiger partial charge < -0.3 is 4.74 Å². The number of hydrogen-bond donors (Lipinski definition) is 0. The average molecular weight is 199 g/mol. The number of hydrogen-bond acceptors (Lipinski definition) is 1. The second-order valence-electron chi connectivity index (χ2n) is 3.22. The molecule has 4 heteroatoms. The molecule has 0 saturated carbocycles. The molecule has 1 unspecified atom stereocenters. The Morgan fingerprint density at radius 2 is 2.17 bits per heavy atom. The van der Waals surface area contributed by atoms with Gasteiger partial charge in [-0.2, -0.15) is 0 Å². The van der Waals surface area contributed by atoms with Gasteiger partial charge in [0.2, 0.25) is 6.43 Å². The summed E-state index contributed by atoms with van der Waals surface area (Å²) in [5, 5.41) is 0. The lowest BCUT2D eigenvalue weighted by Gasteiger charge is -2.35. The monoisotopic (exact) mass is 198 g/mol. The lowest BCUT2D eigenvalue weighted by molar-refractivity contribution is -0.0930. The van der Waals surface area contributed by atoms with E-state index >= 15 is 0 Å². The molecular formula is C8H13ClF2O. The molecule has 1 rings (SSSR count). The predicted octanol–water partition coefficient (Wildman–Crippen LogP) is 2.82. The first kappa shape index (κ1) is 10.2. The van der Waals surface area contributed by atoms with Gasteiger partial charge in [0, 0.05) is 13.0 Å². The minimum absolute atomic E-state index is 0.178. The molecule has 1 aliphatic heterocycles. The van der Waals surface area contributed by atoms with Gasteiger partial charge in [-0.05, 0) is 19.3 Å². The van der Waals surface area contributed by atoms with Gasteiger partial charge in [0.25, 0.3) is 0 Å². The third-order valence-corrected chi connectivity index (χ3v) is 2.69. The summed E-state index contributed by atoms with van der Waals surface area (Å²) in [6.45, 7) is 0.569. The largest absolute Gasteiger partial charge is 0.374 e. The van der Waals surface area contributed by atoms with Gasteiger partial charge in [0.05, 0.1) is 11.5 Å². The van der Waals surface area contributed by atoms with Crippen molar-refractivity contribution in [1.29, 1.82) is 0 Å². The molecule has 72 valence electrons. The van der Waals surface area contributed by atoms with E-state index in [-0.39, 0.29) is 12.3 Å². The first-order chi connectivity index (χ1) is 5.68. The van der Waals surface area contributed by atoms with Crippen molar-refractivity contribution in [2.24, 2.45) is 0 Å². The molecule has 0 aromatic heterocycles. The van der Waals surface area contributed by atoms with Crippen LogP contribution >= 0.6 is 11.6 Å². The van der Waals surface area contributed by atoms with Crippen molar-refractivity contribution >= 4 is 11.6 Å². The number of ether oxygens (including phenoxy) is 1. The van der Waals surface area contributed by atoms with Crippen LogP contribution in [0.1, 0.15) is 25.7 Å². The van der Waals surface area contributed by atoms with E-state index in [0.717, 1.165) is 12.8 Å². The molecule has 1 atom stereocenters. The molecule has 1 aliphatic rings. The molecule has 0 radical (unpaired) electrons. The quantitative estimate of drug-likeness (QED) is 0.634. The van der Waals surface area contributed by atoms with Crippen molar-refractivity contribution < 1.29 is 13.5 Å². The third kappa shape index (κ3) is 2.56. The van der Waals surface area contributed by atoms with Crippen LogP contribution in [0.5, 0.6) is 0 Å². The Morgan fingerprint density at radius 3 is 2.58 bits per heavy atom. The third-order valence-electron chi connectivity index (χ3n) is 2.20. The topological polar surface area (TPSA) is 9.23 Å². The molecule has 0 aliphatic carbocycles. The van der Waals surface area contributed by atoms with Crippen molar-refractivity contribution in [3.05, 3.63) is 0 Å². The summed E-state index contributed by atoms with van der Waals surface area (Å²) in [5.74, 6) is 0.178. The zero-order valence-electron chi connectivity index (χ0n) is 6.86. The Labute approximate surface area is 76.0 Å². The summed E-state index contributed by atoms with van der Waals surface area (Å²) in [6.07, 6.45) is 0.0282. The van der Waals surface area contributed by atoms with Crippen LogP contribution in [-0.4, -0.2) is 24.5 Å². The van der Waals surface area contributed by atoms with E-state index in [2.05, 4.69) is 0 Å². The Kier molecular flexibility index (Phi) is 3.72. The molecular weight excluding hydrogens is 186 g/mol. The van der Waals surface area contributed by atoms with Crippen LogP contribution in [0.2, 0.25) is 0 Å². The van der Waals surface area contributed by atoms with Crippen molar-refractivity contribution in [2.45, 2.75) is 37.7 Å². The highest BCUT2D eigenvalue weighted by Gasteiger charge is 2.35. The number of alkyl halides is 3. The molecule has 1 heterocycles. The van der Waals surface area contributed by atoms with Gasteiger partial charge in [0.1, 0.15) is 0 Å². The second kappa shape index (κ2) is 4.38. The van der Waals surface area contributed by atoms with Crippen molar-refractivity contribution in [2.75, 3.05) is 12.5 Å². The van der Waals surface area contributed by atoms with E-state index in [1.54, 1.807) is 0 Å². The van der Waals surface area contributed by atoms with Crippen LogP contribution in [0.3, 0.4) is 0 Å². The Hall–Kier alpha value is 0.110. The number of halogens is 3. The number of rotatable bonds is 3. The molecule has 0 bridgehead atoms. The van der Waals surface area contributed by atoms with Crippen LogP contribution in [0.25, 0.3) is 0 Å². The molecule has 1 nitrogen and oxygen atoms in total. The standard InChI is InChI=1S/C8H13ClF2O/c9-6-8(5-7(10)11)3-1-2-4-12-8/h7H,1-6H2. The van der Waals surface area contributed by atoms with Crippen LogP contribution in [0.15, 0.2) is 0 Å². The van der Waals surface area contributed by atoms with Crippen molar-refractivity contribution in [3.63, 3.8) is 0 Å². The van der Waals surface area contributed by atoms with E-state index in [4.69, 9.17) is 16.3 Å². The predicted molar refractivity (Wildman–Crippen MR) is 43.9 cm³/mol. The Morgan fingerprint density at radius 1 is 1.42 bits per heavy atom. The zero-order chi connectivity index (χ0) is 9.03. The van der Waals surface area contributed by atoms with E-state index in [1.165, 1.54) is 0 Å². The highest BCUT2D eigenvalue weighted by molar-refractivity contribution is 6.18. The average Bonchev–Trinajstić information content (AvgIpc) is 2.05. The van der Waals surface area contributed by atoms with Crippen molar-refractivity contribution in [1.82, 2.24) is 0 Å².